The van der Waals surface area contributed by atoms with Gasteiger partial charge < -0.3 is 9.15 Å². The molecule has 0 N–H and O–H groups in total. The summed E-state index contributed by atoms with van der Waals surface area (Å²) in [5, 5.41) is 8.86. The lowest BCUT2D eigenvalue weighted by Crippen LogP contribution is -2.09. The zero-order chi connectivity index (χ0) is 24.0. The fourth-order valence-electron chi connectivity index (χ4n) is 3.40. The van der Waals surface area contributed by atoms with Crippen molar-refractivity contribution in [2.75, 3.05) is 5.75 Å². The van der Waals surface area contributed by atoms with Crippen LogP contribution in [-0.2, 0) is 16.1 Å². The number of esters is 1. The van der Waals surface area contributed by atoms with Gasteiger partial charge in [0.15, 0.2) is 11.0 Å². The summed E-state index contributed by atoms with van der Waals surface area (Å²) in [5.41, 5.74) is 2.42. The van der Waals surface area contributed by atoms with Gasteiger partial charge in [0.1, 0.15) is 24.4 Å². The Labute approximate surface area is 204 Å². The van der Waals surface area contributed by atoms with Gasteiger partial charge in [-0.2, -0.15) is 0 Å². The summed E-state index contributed by atoms with van der Waals surface area (Å²) in [5.74, 6) is -0.0558. The average Bonchev–Trinajstić information content (AvgIpc) is 3.55. The highest BCUT2D eigenvalue weighted by atomic mass is 32.2. The molecule has 9 heteroatoms. The lowest BCUT2D eigenvalue weighted by Gasteiger charge is -2.10. The fraction of sp³-hybridized carbons (Fsp3) is 0.0769. The van der Waals surface area contributed by atoms with E-state index in [0.717, 1.165) is 23.0 Å². The molecular weight excluding hydrogens is 467 g/mol. The van der Waals surface area contributed by atoms with E-state index in [1.54, 1.807) is 22.8 Å². The highest BCUT2D eigenvalue weighted by molar-refractivity contribution is 7.99. The summed E-state index contributed by atoms with van der Waals surface area (Å²) < 4.78 is 27.0. The predicted molar refractivity (Wildman–Crippen MR) is 129 cm³/mol. The Morgan fingerprint density at radius 2 is 1.66 bits per heavy atom. The molecule has 0 fully saturated rings. The van der Waals surface area contributed by atoms with E-state index in [0.29, 0.717) is 28.1 Å². The molecule has 5 rings (SSSR count). The van der Waals surface area contributed by atoms with Crippen LogP contribution in [0.4, 0.5) is 4.39 Å². The van der Waals surface area contributed by atoms with Crippen molar-refractivity contribution in [2.45, 2.75) is 11.8 Å². The van der Waals surface area contributed by atoms with E-state index >= 15 is 0 Å². The number of rotatable bonds is 8. The maximum absolute atomic E-state index is 14.5. The van der Waals surface area contributed by atoms with Crippen LogP contribution < -0.4 is 0 Å². The molecule has 174 valence electrons. The molecule has 0 atom stereocenters. The summed E-state index contributed by atoms with van der Waals surface area (Å²) in [4.78, 5) is 16.8. The van der Waals surface area contributed by atoms with Crippen LogP contribution in [0.2, 0.25) is 0 Å². The summed E-state index contributed by atoms with van der Waals surface area (Å²) in [6, 6.07) is 25.2. The first kappa shape index (κ1) is 22.5. The van der Waals surface area contributed by atoms with E-state index in [2.05, 4.69) is 15.2 Å². The first-order valence-corrected chi connectivity index (χ1v) is 11.7. The first-order valence-electron chi connectivity index (χ1n) is 10.7. The van der Waals surface area contributed by atoms with Gasteiger partial charge >= 0.3 is 5.97 Å². The van der Waals surface area contributed by atoms with Crippen LogP contribution in [-0.4, -0.2) is 31.5 Å². The molecule has 3 aromatic carbocycles. The third-order valence-electron chi connectivity index (χ3n) is 5.04. The van der Waals surface area contributed by atoms with Crippen molar-refractivity contribution in [1.29, 1.82) is 0 Å². The Morgan fingerprint density at radius 1 is 0.943 bits per heavy atom. The third-order valence-corrected chi connectivity index (χ3v) is 5.94. The number of halogens is 1. The molecule has 0 amide bonds. The second kappa shape index (κ2) is 10.4. The van der Waals surface area contributed by atoms with E-state index < -0.39 is 11.8 Å². The second-order valence-corrected chi connectivity index (χ2v) is 8.36. The van der Waals surface area contributed by atoms with Gasteiger partial charge in [-0.15, -0.1) is 10.2 Å². The molecule has 2 heterocycles. The molecule has 0 aliphatic rings. The van der Waals surface area contributed by atoms with Crippen LogP contribution in [0.5, 0.6) is 0 Å². The number of hydrogen-bond acceptors (Lipinski definition) is 7. The number of nitrogens with zero attached hydrogens (tertiary/aromatic N) is 4. The van der Waals surface area contributed by atoms with Crippen LogP contribution in [0.3, 0.4) is 0 Å². The standard InChI is InChI=1S/C26H19FN4O3S/c27-22-14-8-7-13-21(22)24-29-30-26(31(24)20-11-5-2-6-12-20)35-17-23(32)33-15-19-16-34-25(28-19)18-9-3-1-4-10-18/h1-14,16H,15,17H2. The number of hydrogen-bond donors (Lipinski definition) is 0. The monoisotopic (exact) mass is 486 g/mol. The van der Waals surface area contributed by atoms with Crippen molar-refractivity contribution in [3.8, 4) is 28.5 Å². The molecule has 0 unspecified atom stereocenters. The van der Waals surface area contributed by atoms with Crippen molar-refractivity contribution in [2.24, 2.45) is 0 Å². The molecule has 35 heavy (non-hydrogen) atoms. The van der Waals surface area contributed by atoms with Crippen molar-refractivity contribution in [1.82, 2.24) is 19.7 Å². The van der Waals surface area contributed by atoms with Crippen molar-refractivity contribution in [3.05, 3.63) is 103 Å². The highest BCUT2D eigenvalue weighted by Crippen LogP contribution is 2.29. The summed E-state index contributed by atoms with van der Waals surface area (Å²) in [7, 11) is 0. The van der Waals surface area contributed by atoms with Crippen LogP contribution in [0.15, 0.2) is 101 Å². The molecule has 0 saturated heterocycles. The molecule has 0 aliphatic heterocycles. The van der Waals surface area contributed by atoms with E-state index in [9.17, 15) is 9.18 Å². The smallest absolute Gasteiger partial charge is 0.316 e. The van der Waals surface area contributed by atoms with Gasteiger partial charge in [-0.3, -0.25) is 9.36 Å². The molecule has 0 radical (unpaired) electrons. The predicted octanol–water partition coefficient (Wildman–Crippen LogP) is 5.56. The maximum atomic E-state index is 14.5. The normalized spacial score (nSPS) is 10.9. The molecule has 5 aromatic rings. The minimum Gasteiger partial charge on any atom is -0.458 e. The Morgan fingerprint density at radius 3 is 2.43 bits per heavy atom. The van der Waals surface area contributed by atoms with Crippen LogP contribution in [0.25, 0.3) is 28.5 Å². The second-order valence-electron chi connectivity index (χ2n) is 7.42. The van der Waals surface area contributed by atoms with E-state index in [1.165, 1.54) is 12.3 Å². The maximum Gasteiger partial charge on any atom is 0.316 e. The van der Waals surface area contributed by atoms with E-state index in [-0.39, 0.29) is 12.4 Å². The minimum atomic E-state index is -0.450. The van der Waals surface area contributed by atoms with Crippen LogP contribution in [0.1, 0.15) is 5.69 Å². The summed E-state index contributed by atoms with van der Waals surface area (Å²) >= 11 is 1.16. The summed E-state index contributed by atoms with van der Waals surface area (Å²) in [6.07, 6.45) is 1.47. The third kappa shape index (κ3) is 5.15. The molecule has 0 saturated carbocycles. The largest absolute Gasteiger partial charge is 0.458 e. The number of ether oxygens (including phenoxy) is 1. The Hall–Kier alpha value is -4.24. The number of para-hydroxylation sites is 1. The Balaban J connectivity index is 1.28. The molecule has 0 spiro atoms. The quantitative estimate of drug-likeness (QED) is 0.210. The Kier molecular flexibility index (Phi) is 6.67. The molecule has 0 aliphatic carbocycles. The molecule has 0 bridgehead atoms. The zero-order valence-corrected chi connectivity index (χ0v) is 19.2. The van der Waals surface area contributed by atoms with Crippen LogP contribution >= 0.6 is 11.8 Å². The van der Waals surface area contributed by atoms with Crippen molar-refractivity contribution in [3.63, 3.8) is 0 Å². The molecular formula is C26H19FN4O3S. The lowest BCUT2D eigenvalue weighted by atomic mass is 10.2. The van der Waals surface area contributed by atoms with Gasteiger partial charge in [0.2, 0.25) is 5.89 Å². The van der Waals surface area contributed by atoms with Crippen LogP contribution in [0, 0.1) is 5.82 Å². The van der Waals surface area contributed by atoms with Crippen molar-refractivity contribution < 1.29 is 18.3 Å². The summed E-state index contributed by atoms with van der Waals surface area (Å²) in [6.45, 7) is -0.0123. The van der Waals surface area contributed by atoms with E-state index in [1.807, 2.05) is 60.7 Å². The number of thioether (sulfide) groups is 1. The number of carbonyl (C=O) groups excluding carboxylic acids is 1. The molecule has 7 nitrogen and oxygen atoms in total. The number of benzene rings is 3. The molecule has 2 aromatic heterocycles. The highest BCUT2D eigenvalue weighted by Gasteiger charge is 2.20. The van der Waals surface area contributed by atoms with Gasteiger partial charge in [-0.1, -0.05) is 60.3 Å². The fourth-order valence-corrected chi connectivity index (χ4v) is 4.15. The van der Waals surface area contributed by atoms with Gasteiger partial charge in [0, 0.05) is 11.3 Å². The number of carbonyl (C=O) groups is 1. The van der Waals surface area contributed by atoms with Crippen molar-refractivity contribution >= 4 is 17.7 Å². The topological polar surface area (TPSA) is 83.0 Å². The SMILES string of the molecule is O=C(CSc1nnc(-c2ccccc2F)n1-c1ccccc1)OCc1coc(-c2ccccc2)n1. The minimum absolute atomic E-state index is 0.00830. The van der Waals surface area contributed by atoms with Gasteiger partial charge in [0.25, 0.3) is 0 Å². The Bertz CT molecular complexity index is 1440. The van der Waals surface area contributed by atoms with Gasteiger partial charge in [0.05, 0.1) is 11.3 Å². The van der Waals surface area contributed by atoms with E-state index in [4.69, 9.17) is 9.15 Å². The number of aromatic nitrogens is 4. The number of oxazole rings is 1. The zero-order valence-electron chi connectivity index (χ0n) is 18.4. The van der Waals surface area contributed by atoms with Gasteiger partial charge in [-0.25, -0.2) is 9.37 Å². The van der Waals surface area contributed by atoms with Gasteiger partial charge in [-0.05, 0) is 36.4 Å². The lowest BCUT2D eigenvalue weighted by molar-refractivity contribution is -0.141. The first-order chi connectivity index (χ1) is 17.2. The average molecular weight is 487 g/mol.